The third kappa shape index (κ3) is 4.46. The Kier molecular flexibility index (Phi) is 5.99. The maximum atomic E-state index is 12.7. The van der Waals surface area contributed by atoms with Crippen molar-refractivity contribution in [2.24, 2.45) is 7.05 Å². The number of ether oxygens (including phenoxy) is 2. The lowest BCUT2D eigenvalue weighted by atomic mass is 10.2. The predicted octanol–water partition coefficient (Wildman–Crippen LogP) is 0.963. The van der Waals surface area contributed by atoms with Gasteiger partial charge in [-0.15, -0.1) is 0 Å². The van der Waals surface area contributed by atoms with Crippen LogP contribution in [0.15, 0.2) is 47.5 Å². The summed E-state index contributed by atoms with van der Waals surface area (Å²) < 4.78 is 12.8. The van der Waals surface area contributed by atoms with Gasteiger partial charge in [-0.3, -0.25) is 9.59 Å². The number of carbonyl (C=O) groups is 1. The molecule has 3 heterocycles. The van der Waals surface area contributed by atoms with Crippen LogP contribution >= 0.6 is 0 Å². The summed E-state index contributed by atoms with van der Waals surface area (Å²) in [5.74, 6) is -0.0312. The van der Waals surface area contributed by atoms with Gasteiger partial charge in [0.15, 0.2) is 0 Å². The number of hydrogen-bond acceptors (Lipinski definition) is 7. The molecule has 2 aromatic heterocycles. The van der Waals surface area contributed by atoms with Crippen molar-refractivity contribution in [1.29, 1.82) is 0 Å². The van der Waals surface area contributed by atoms with E-state index in [2.05, 4.69) is 15.0 Å². The molecular weight excluding hydrogens is 386 g/mol. The van der Waals surface area contributed by atoms with Crippen molar-refractivity contribution in [3.63, 3.8) is 0 Å². The van der Waals surface area contributed by atoms with E-state index in [0.717, 1.165) is 11.0 Å². The minimum absolute atomic E-state index is 0.0312. The van der Waals surface area contributed by atoms with Gasteiger partial charge in [-0.25, -0.2) is 15.0 Å². The molecule has 0 aliphatic carbocycles. The number of fused-ring (bicyclic) bond motifs is 1. The Morgan fingerprint density at radius 2 is 2.03 bits per heavy atom. The molecule has 156 valence electrons. The molecule has 0 spiro atoms. The van der Waals surface area contributed by atoms with Crippen LogP contribution in [0.25, 0.3) is 11.0 Å². The van der Waals surface area contributed by atoms with Crippen LogP contribution in [0.2, 0.25) is 0 Å². The van der Waals surface area contributed by atoms with Gasteiger partial charge < -0.3 is 18.9 Å². The molecule has 1 saturated heterocycles. The smallest absolute Gasteiger partial charge is 0.316 e. The summed E-state index contributed by atoms with van der Waals surface area (Å²) in [5.41, 5.74) is 1.75. The fraction of sp³-hybridized carbons (Fsp3) is 0.381. The van der Waals surface area contributed by atoms with E-state index >= 15 is 0 Å². The van der Waals surface area contributed by atoms with Crippen molar-refractivity contribution in [3.05, 3.63) is 58.8 Å². The van der Waals surface area contributed by atoms with Crippen molar-refractivity contribution < 1.29 is 14.3 Å². The second kappa shape index (κ2) is 9.00. The zero-order valence-corrected chi connectivity index (χ0v) is 16.7. The minimum Gasteiger partial charge on any atom is -0.461 e. The lowest BCUT2D eigenvalue weighted by molar-refractivity contribution is -0.139. The lowest BCUT2D eigenvalue weighted by Gasteiger charge is -2.32. The number of rotatable bonds is 6. The molecule has 1 unspecified atom stereocenters. The number of benzene rings is 1. The number of morpholine rings is 1. The second-order valence-corrected chi connectivity index (χ2v) is 7.09. The first-order valence-corrected chi connectivity index (χ1v) is 9.85. The fourth-order valence-electron chi connectivity index (χ4n) is 3.46. The molecule has 0 radical (unpaired) electrons. The SMILES string of the molecule is Cn1c(=O)c(CCC(=O)N2CCOC(COc3ncccn3)C2)nc2ccccc21. The zero-order valence-electron chi connectivity index (χ0n) is 16.7. The summed E-state index contributed by atoms with van der Waals surface area (Å²) in [5, 5.41) is 0. The molecule has 0 bridgehead atoms. The van der Waals surface area contributed by atoms with Crippen LogP contribution in [0.3, 0.4) is 0 Å². The third-order valence-corrected chi connectivity index (χ3v) is 5.06. The maximum Gasteiger partial charge on any atom is 0.316 e. The van der Waals surface area contributed by atoms with Crippen molar-refractivity contribution in [3.8, 4) is 6.01 Å². The van der Waals surface area contributed by atoms with Crippen LogP contribution in [0.1, 0.15) is 12.1 Å². The van der Waals surface area contributed by atoms with Crippen molar-refractivity contribution in [2.75, 3.05) is 26.3 Å². The number of amides is 1. The van der Waals surface area contributed by atoms with E-state index in [9.17, 15) is 9.59 Å². The van der Waals surface area contributed by atoms with Gasteiger partial charge in [-0.2, -0.15) is 0 Å². The summed E-state index contributed by atoms with van der Waals surface area (Å²) in [4.78, 5) is 39.5. The van der Waals surface area contributed by atoms with Gasteiger partial charge >= 0.3 is 6.01 Å². The molecule has 1 fully saturated rings. The molecule has 30 heavy (non-hydrogen) atoms. The maximum absolute atomic E-state index is 12.7. The Hall–Kier alpha value is -3.33. The molecule has 9 nitrogen and oxygen atoms in total. The Morgan fingerprint density at radius 1 is 1.23 bits per heavy atom. The van der Waals surface area contributed by atoms with E-state index < -0.39 is 0 Å². The fourth-order valence-corrected chi connectivity index (χ4v) is 3.46. The van der Waals surface area contributed by atoms with Gasteiger partial charge in [-0.1, -0.05) is 12.1 Å². The average molecular weight is 409 g/mol. The van der Waals surface area contributed by atoms with E-state index in [4.69, 9.17) is 9.47 Å². The molecule has 1 amide bonds. The van der Waals surface area contributed by atoms with Gasteiger partial charge in [0.2, 0.25) is 5.91 Å². The van der Waals surface area contributed by atoms with Crippen LogP contribution in [-0.4, -0.2) is 62.7 Å². The Morgan fingerprint density at radius 3 is 2.87 bits per heavy atom. The van der Waals surface area contributed by atoms with Gasteiger partial charge in [0, 0.05) is 38.8 Å². The summed E-state index contributed by atoms with van der Waals surface area (Å²) in [7, 11) is 1.72. The van der Waals surface area contributed by atoms with Crippen LogP contribution in [0, 0.1) is 0 Å². The normalized spacial score (nSPS) is 16.6. The predicted molar refractivity (Wildman–Crippen MR) is 109 cm³/mol. The Bertz CT molecular complexity index is 1090. The van der Waals surface area contributed by atoms with Crippen LogP contribution in [0.5, 0.6) is 6.01 Å². The molecular formula is C21H23N5O4. The average Bonchev–Trinajstić information content (AvgIpc) is 2.80. The molecule has 3 aromatic rings. The summed E-state index contributed by atoms with van der Waals surface area (Å²) in [6, 6.07) is 9.46. The Labute approximate surface area is 173 Å². The third-order valence-electron chi connectivity index (χ3n) is 5.06. The molecule has 0 N–H and O–H groups in total. The zero-order chi connectivity index (χ0) is 20.9. The monoisotopic (exact) mass is 409 g/mol. The van der Waals surface area contributed by atoms with Crippen LogP contribution in [0.4, 0.5) is 0 Å². The standard InChI is InChI=1S/C21H23N5O4/c1-25-18-6-3-2-5-16(18)24-17(20(25)28)7-8-19(27)26-11-12-29-15(13-26)14-30-21-22-9-4-10-23-21/h2-6,9-10,15H,7-8,11-14H2,1H3. The van der Waals surface area contributed by atoms with Gasteiger partial charge in [0.1, 0.15) is 18.4 Å². The molecule has 1 aliphatic rings. The summed E-state index contributed by atoms with van der Waals surface area (Å²) in [6.07, 6.45) is 3.47. The quantitative estimate of drug-likeness (QED) is 0.598. The highest BCUT2D eigenvalue weighted by molar-refractivity contribution is 5.77. The topological polar surface area (TPSA) is 99.4 Å². The van der Waals surface area contributed by atoms with Gasteiger partial charge in [0.25, 0.3) is 5.56 Å². The highest BCUT2D eigenvalue weighted by Crippen LogP contribution is 2.12. The van der Waals surface area contributed by atoms with Crippen LogP contribution < -0.4 is 10.3 Å². The van der Waals surface area contributed by atoms with Crippen molar-refractivity contribution >= 4 is 16.9 Å². The highest BCUT2D eigenvalue weighted by atomic mass is 16.5. The molecule has 1 aliphatic heterocycles. The number of para-hydroxylation sites is 2. The number of hydrogen-bond donors (Lipinski definition) is 0. The molecule has 9 heteroatoms. The first-order valence-electron chi connectivity index (χ1n) is 9.85. The van der Waals surface area contributed by atoms with Crippen molar-refractivity contribution in [2.45, 2.75) is 18.9 Å². The number of nitrogens with zero attached hydrogens (tertiary/aromatic N) is 5. The molecule has 1 aromatic carbocycles. The number of aryl methyl sites for hydroxylation is 2. The molecule has 0 saturated carbocycles. The van der Waals surface area contributed by atoms with E-state index in [-0.39, 0.29) is 36.6 Å². The van der Waals surface area contributed by atoms with Crippen LogP contribution in [-0.2, 0) is 23.0 Å². The Balaban J connectivity index is 1.35. The molecule has 1 atom stereocenters. The van der Waals surface area contributed by atoms with E-state index in [1.54, 1.807) is 35.0 Å². The van der Waals surface area contributed by atoms with Gasteiger partial charge in [-0.05, 0) is 18.2 Å². The van der Waals surface area contributed by atoms with Crippen molar-refractivity contribution in [1.82, 2.24) is 24.4 Å². The van der Waals surface area contributed by atoms with Gasteiger partial charge in [0.05, 0.1) is 24.2 Å². The number of aromatic nitrogens is 4. The second-order valence-electron chi connectivity index (χ2n) is 7.09. The summed E-state index contributed by atoms with van der Waals surface area (Å²) in [6.45, 7) is 1.64. The number of carbonyl (C=O) groups excluding carboxylic acids is 1. The van der Waals surface area contributed by atoms with E-state index in [1.807, 2.05) is 24.3 Å². The van der Waals surface area contributed by atoms with E-state index in [1.165, 1.54) is 0 Å². The van der Waals surface area contributed by atoms with E-state index in [0.29, 0.717) is 31.8 Å². The lowest BCUT2D eigenvalue weighted by Crippen LogP contribution is -2.47. The summed E-state index contributed by atoms with van der Waals surface area (Å²) >= 11 is 0. The highest BCUT2D eigenvalue weighted by Gasteiger charge is 2.25. The minimum atomic E-state index is -0.252. The largest absolute Gasteiger partial charge is 0.461 e. The first kappa shape index (κ1) is 20.0. The first-order chi connectivity index (χ1) is 14.6. The molecule has 4 rings (SSSR count).